The molecule has 5 N–H and O–H groups in total. The molecule has 0 bridgehead atoms. The van der Waals surface area contributed by atoms with E-state index in [2.05, 4.69) is 76.1 Å². The summed E-state index contributed by atoms with van der Waals surface area (Å²) in [7, 11) is 2.61. The average Bonchev–Trinajstić information content (AvgIpc) is 4.06. The molecule has 2 aromatic heterocycles. The van der Waals surface area contributed by atoms with Gasteiger partial charge in [0.1, 0.15) is 34.8 Å². The summed E-state index contributed by atoms with van der Waals surface area (Å²) >= 11 is 6.79. The van der Waals surface area contributed by atoms with Crippen LogP contribution in [0.4, 0.5) is 9.59 Å². The number of nitrogens with one attached hydrogen (secondary N) is 4. The number of benzene rings is 3. The van der Waals surface area contributed by atoms with Crippen molar-refractivity contribution in [3.05, 3.63) is 83.7 Å². The molecule has 14 nitrogen and oxygen atoms in total. The van der Waals surface area contributed by atoms with Gasteiger partial charge in [-0.15, -0.1) is 0 Å². The summed E-state index contributed by atoms with van der Waals surface area (Å²) in [5.74, 6) is 1.08. The Balaban J connectivity index is 1.06. The number of hydrogen-bond donors (Lipinski definition) is 5. The van der Waals surface area contributed by atoms with E-state index in [0.29, 0.717) is 16.7 Å². The minimum absolute atomic E-state index is 0.00458. The molecule has 0 aliphatic carbocycles. The molecule has 15 heteroatoms. The Bertz CT molecular complexity index is 2360. The number of ether oxygens (including phenoxy) is 2. The number of carbonyl (C=O) groups excluding carboxylic acids is 3. The molecule has 5 aromatic rings. The van der Waals surface area contributed by atoms with Crippen LogP contribution < -0.4 is 10.6 Å². The first kappa shape index (κ1) is 43.6. The highest BCUT2D eigenvalue weighted by Crippen LogP contribution is 2.41. The van der Waals surface area contributed by atoms with Crippen molar-refractivity contribution in [2.45, 2.75) is 110 Å². The van der Waals surface area contributed by atoms with E-state index in [1.54, 1.807) is 0 Å². The number of aliphatic hydroxyl groups excluding tert-OH is 1. The second-order valence-corrected chi connectivity index (χ2v) is 17.5. The number of fused-ring (bicyclic) bond motifs is 1. The minimum Gasteiger partial charge on any atom is -0.453 e. The van der Waals surface area contributed by atoms with Gasteiger partial charge in [-0.05, 0) is 85.4 Å². The zero-order valence-electron chi connectivity index (χ0n) is 36.0. The highest BCUT2D eigenvalue weighted by Gasteiger charge is 2.43. The van der Waals surface area contributed by atoms with Crippen LogP contribution in [-0.2, 0) is 14.3 Å². The number of carbonyl (C=O) groups is 3. The Morgan fingerprint density at radius 1 is 0.754 bits per heavy atom. The van der Waals surface area contributed by atoms with E-state index in [0.717, 1.165) is 70.2 Å². The Labute approximate surface area is 361 Å². The molecular weight excluding hydrogens is 796 g/mol. The lowest BCUT2D eigenvalue weighted by atomic mass is 9.98. The highest BCUT2D eigenvalue weighted by atomic mass is 35.5. The van der Waals surface area contributed by atoms with Crippen LogP contribution in [0.3, 0.4) is 0 Å². The van der Waals surface area contributed by atoms with Crippen molar-refractivity contribution in [1.82, 2.24) is 40.4 Å². The standard InChI is InChI=1S/C46H57ClN8O6/c1-24(2)37(51-45(58)60-7)43(56)54-26(5)9-19-35(54)41-48-23-34(49-41)33-18-17-31-21-30(15-16-32(31)22-33)28-11-13-29(14-12-28)39-40(47)53-42(50-39)36-20-10-27(6)55(36)44(57)38(25(3)4)52-46(59)61-8/h11-18,21-27,35-38,44,57H,9-10,19-20H2,1-8H3,(H,48,49)(H,50,53)(H,51,58)(H,52,59)/t26-,27-,35-,36-,37-,38-,44?/m0/s1. The Hall–Kier alpha value is -5.44. The number of aromatic amines is 2. The van der Waals surface area contributed by atoms with E-state index < -0.39 is 30.5 Å². The zero-order chi connectivity index (χ0) is 43.7. The molecule has 2 saturated heterocycles. The van der Waals surface area contributed by atoms with E-state index in [9.17, 15) is 19.5 Å². The van der Waals surface area contributed by atoms with Crippen LogP contribution in [0.1, 0.15) is 91.0 Å². The van der Waals surface area contributed by atoms with Crippen LogP contribution in [0.2, 0.25) is 5.15 Å². The fourth-order valence-electron chi connectivity index (χ4n) is 8.96. The highest BCUT2D eigenvalue weighted by molar-refractivity contribution is 6.31. The number of imidazole rings is 2. The lowest BCUT2D eigenvalue weighted by Gasteiger charge is -2.38. The number of hydrogen-bond acceptors (Lipinski definition) is 9. The molecule has 7 atom stereocenters. The number of likely N-dealkylation sites (tertiary alicyclic amines) is 2. The fraction of sp³-hybridized carbons (Fsp3) is 0.457. The molecule has 2 fully saturated rings. The summed E-state index contributed by atoms with van der Waals surface area (Å²) in [6.45, 7) is 11.8. The van der Waals surface area contributed by atoms with Gasteiger partial charge in [-0.2, -0.15) is 0 Å². The number of H-pyrrole nitrogens is 2. The first-order valence-corrected chi connectivity index (χ1v) is 21.5. The molecule has 3 aromatic carbocycles. The maximum atomic E-state index is 13.8. The van der Waals surface area contributed by atoms with Crippen LogP contribution in [0.5, 0.6) is 0 Å². The number of aliphatic hydroxyl groups is 1. The van der Waals surface area contributed by atoms with Crippen molar-refractivity contribution in [3.8, 4) is 33.6 Å². The third-order valence-electron chi connectivity index (χ3n) is 12.4. The second kappa shape index (κ2) is 18.3. The number of aromatic nitrogens is 4. The van der Waals surface area contributed by atoms with Crippen LogP contribution in [-0.4, -0.2) is 97.6 Å². The van der Waals surface area contributed by atoms with Gasteiger partial charge in [-0.3, -0.25) is 9.69 Å². The normalized spacial score (nSPS) is 20.9. The topological polar surface area (TPSA) is 178 Å². The number of rotatable bonds is 12. The Morgan fingerprint density at radius 2 is 1.34 bits per heavy atom. The van der Waals surface area contributed by atoms with Gasteiger partial charge in [0, 0.05) is 23.2 Å². The van der Waals surface area contributed by atoms with Crippen molar-refractivity contribution >= 4 is 40.5 Å². The van der Waals surface area contributed by atoms with E-state index >= 15 is 0 Å². The number of nitrogens with zero attached hydrogens (tertiary/aromatic N) is 4. The molecule has 3 amide bonds. The summed E-state index contributed by atoms with van der Waals surface area (Å²) < 4.78 is 9.63. The molecule has 0 spiro atoms. The molecule has 0 radical (unpaired) electrons. The Kier molecular flexibility index (Phi) is 13.1. The largest absolute Gasteiger partial charge is 0.453 e. The maximum absolute atomic E-state index is 13.8. The van der Waals surface area contributed by atoms with Gasteiger partial charge in [0.2, 0.25) is 5.91 Å². The molecule has 1 unspecified atom stereocenters. The lowest BCUT2D eigenvalue weighted by Crippen LogP contribution is -2.55. The van der Waals surface area contributed by atoms with Crippen molar-refractivity contribution in [1.29, 1.82) is 0 Å². The summed E-state index contributed by atoms with van der Waals surface area (Å²) in [6.07, 6.45) is 2.87. The monoisotopic (exact) mass is 852 g/mol. The summed E-state index contributed by atoms with van der Waals surface area (Å²) in [5, 5.41) is 19.7. The first-order chi connectivity index (χ1) is 29.2. The van der Waals surface area contributed by atoms with Gasteiger partial charge >= 0.3 is 12.2 Å². The van der Waals surface area contributed by atoms with Crippen molar-refractivity contribution in [2.75, 3.05) is 14.2 Å². The summed E-state index contributed by atoms with van der Waals surface area (Å²) in [6, 6.07) is 19.2. The van der Waals surface area contributed by atoms with Gasteiger partial charge < -0.3 is 40.1 Å². The third-order valence-corrected chi connectivity index (χ3v) is 12.7. The van der Waals surface area contributed by atoms with Crippen LogP contribution in [0, 0.1) is 11.8 Å². The van der Waals surface area contributed by atoms with E-state index in [-0.39, 0.29) is 41.9 Å². The van der Waals surface area contributed by atoms with Crippen LogP contribution >= 0.6 is 11.6 Å². The predicted molar refractivity (Wildman–Crippen MR) is 235 cm³/mol. The van der Waals surface area contributed by atoms with Crippen LogP contribution in [0.15, 0.2) is 66.9 Å². The van der Waals surface area contributed by atoms with Crippen LogP contribution in [0.25, 0.3) is 44.4 Å². The quantitative estimate of drug-likeness (QED) is 0.0823. The third kappa shape index (κ3) is 8.98. The molecule has 0 saturated carbocycles. The zero-order valence-corrected chi connectivity index (χ0v) is 36.8. The molecular formula is C46H57ClN8O6. The van der Waals surface area contributed by atoms with E-state index in [4.69, 9.17) is 31.0 Å². The summed E-state index contributed by atoms with van der Waals surface area (Å²) in [4.78, 5) is 58.3. The summed E-state index contributed by atoms with van der Waals surface area (Å²) in [5.41, 5.74) is 5.45. The number of amides is 3. The number of methoxy groups -OCH3 is 2. The van der Waals surface area contributed by atoms with Crippen molar-refractivity contribution in [3.63, 3.8) is 0 Å². The second-order valence-electron chi connectivity index (χ2n) is 17.1. The maximum Gasteiger partial charge on any atom is 0.407 e. The smallest absolute Gasteiger partial charge is 0.407 e. The predicted octanol–water partition coefficient (Wildman–Crippen LogP) is 8.60. The molecule has 4 heterocycles. The van der Waals surface area contributed by atoms with Crippen molar-refractivity contribution < 1.29 is 29.0 Å². The minimum atomic E-state index is -0.960. The molecule has 7 rings (SSSR count). The molecule has 2 aliphatic heterocycles. The van der Waals surface area contributed by atoms with Gasteiger partial charge in [0.15, 0.2) is 0 Å². The van der Waals surface area contributed by atoms with Gasteiger partial charge in [-0.25, -0.2) is 19.6 Å². The number of halogens is 1. The van der Waals surface area contributed by atoms with Crippen molar-refractivity contribution in [2.24, 2.45) is 11.8 Å². The molecule has 61 heavy (non-hydrogen) atoms. The van der Waals surface area contributed by atoms with Gasteiger partial charge in [0.05, 0.1) is 44.2 Å². The first-order valence-electron chi connectivity index (χ1n) is 21.1. The van der Waals surface area contributed by atoms with Gasteiger partial charge in [0.25, 0.3) is 0 Å². The lowest BCUT2D eigenvalue weighted by molar-refractivity contribution is -0.137. The Morgan fingerprint density at radius 3 is 2.00 bits per heavy atom. The molecule has 324 valence electrons. The van der Waals surface area contributed by atoms with E-state index in [1.165, 1.54) is 14.2 Å². The fourth-order valence-corrected chi connectivity index (χ4v) is 9.21. The SMILES string of the molecule is COC(=O)N[C@@H](C(C)C)C(O)N1[C@@H](C)CC[C@H]1c1nc(-c2ccc(-c3ccc4cc(-c5cnc([C@@H]6CC[C@H](C)N6C(=O)[C@@H](NC(=O)OC)C(C)C)[nH]5)ccc4c3)cc2)c(Cl)[nH]1. The average molecular weight is 853 g/mol. The molecule has 2 aliphatic rings. The number of alkyl carbamates (subject to hydrolysis) is 2. The van der Waals surface area contributed by atoms with E-state index in [1.807, 2.05) is 62.7 Å². The van der Waals surface area contributed by atoms with Gasteiger partial charge in [-0.1, -0.05) is 87.8 Å².